The number of nitrogens with two attached hydrogens (primary N) is 1. The topological polar surface area (TPSA) is 29.3 Å². The highest BCUT2D eigenvalue weighted by Gasteiger charge is 2.38. The van der Waals surface area contributed by atoms with Crippen molar-refractivity contribution in [2.75, 3.05) is 13.1 Å². The van der Waals surface area contributed by atoms with Crippen molar-refractivity contribution in [3.05, 3.63) is 0 Å². The van der Waals surface area contributed by atoms with Crippen LogP contribution >= 0.6 is 0 Å². The van der Waals surface area contributed by atoms with Crippen molar-refractivity contribution in [2.45, 2.75) is 117 Å². The summed E-state index contributed by atoms with van der Waals surface area (Å²) in [5, 5.41) is 0. The van der Waals surface area contributed by atoms with Crippen molar-refractivity contribution in [1.29, 1.82) is 0 Å². The van der Waals surface area contributed by atoms with Crippen LogP contribution in [0.4, 0.5) is 0 Å². The van der Waals surface area contributed by atoms with Crippen molar-refractivity contribution in [3.8, 4) is 0 Å². The van der Waals surface area contributed by atoms with Gasteiger partial charge in [-0.1, -0.05) is 79.1 Å². The fraction of sp³-hybridized carbons (Fsp3) is 1.00. The second-order valence-corrected chi connectivity index (χ2v) is 8.77. The molecule has 0 aliphatic carbocycles. The second-order valence-electron chi connectivity index (χ2n) is 8.77. The summed E-state index contributed by atoms with van der Waals surface area (Å²) in [5.41, 5.74) is 6.71. The molecular formula is C22H46N2. The van der Waals surface area contributed by atoms with Crippen LogP contribution in [0.25, 0.3) is 0 Å². The van der Waals surface area contributed by atoms with Crippen LogP contribution in [0.1, 0.15) is 105 Å². The standard InChI is InChI=1S/C22H46N2/c1-6-10-12-14-19(8-3)20-16-22(5,23)18-24(17-20)21(9-4)15-13-11-7-2/h19-21H,6-18,23H2,1-5H3. The third kappa shape index (κ3) is 7.44. The van der Waals surface area contributed by atoms with Crippen LogP contribution in [0.5, 0.6) is 0 Å². The Bertz CT molecular complexity index is 285. The number of hydrogen-bond acceptors (Lipinski definition) is 2. The number of rotatable bonds is 12. The Morgan fingerprint density at radius 2 is 1.58 bits per heavy atom. The maximum absolute atomic E-state index is 6.71. The summed E-state index contributed by atoms with van der Waals surface area (Å²) < 4.78 is 0. The first-order valence-electron chi connectivity index (χ1n) is 11.0. The molecule has 1 aliphatic rings. The Hall–Kier alpha value is -0.0800. The molecule has 1 rings (SSSR count). The molecule has 1 aliphatic heterocycles. The van der Waals surface area contributed by atoms with E-state index in [1.807, 2.05) is 0 Å². The minimum absolute atomic E-state index is 0.000725. The molecule has 2 heteroatoms. The van der Waals surface area contributed by atoms with Gasteiger partial charge in [0.15, 0.2) is 0 Å². The Kier molecular flexibility index (Phi) is 10.5. The lowest BCUT2D eigenvalue weighted by Gasteiger charge is -2.48. The normalized spacial score (nSPS) is 28.0. The Labute approximate surface area is 152 Å². The van der Waals surface area contributed by atoms with Gasteiger partial charge in [0.2, 0.25) is 0 Å². The van der Waals surface area contributed by atoms with Gasteiger partial charge in [-0.15, -0.1) is 0 Å². The number of piperidine rings is 1. The highest BCUT2D eigenvalue weighted by Crippen LogP contribution is 2.35. The minimum atomic E-state index is -0.000725. The fourth-order valence-electron chi connectivity index (χ4n) is 4.86. The molecule has 0 saturated carbocycles. The molecule has 0 aromatic heterocycles. The minimum Gasteiger partial charge on any atom is -0.324 e. The molecule has 0 radical (unpaired) electrons. The molecule has 4 atom stereocenters. The highest BCUT2D eigenvalue weighted by atomic mass is 15.2. The monoisotopic (exact) mass is 338 g/mol. The molecule has 2 N–H and O–H groups in total. The van der Waals surface area contributed by atoms with Gasteiger partial charge in [0.05, 0.1) is 0 Å². The quantitative estimate of drug-likeness (QED) is 0.443. The zero-order chi connectivity index (χ0) is 18.0. The Balaban J connectivity index is 2.69. The zero-order valence-corrected chi connectivity index (χ0v) is 17.4. The van der Waals surface area contributed by atoms with E-state index in [-0.39, 0.29) is 5.54 Å². The van der Waals surface area contributed by atoms with Gasteiger partial charge in [0.1, 0.15) is 0 Å². The molecule has 0 bridgehead atoms. The van der Waals surface area contributed by atoms with E-state index in [2.05, 4.69) is 39.5 Å². The average Bonchev–Trinajstić information content (AvgIpc) is 2.54. The van der Waals surface area contributed by atoms with E-state index in [1.54, 1.807) is 0 Å². The summed E-state index contributed by atoms with van der Waals surface area (Å²) in [6, 6.07) is 0.746. The van der Waals surface area contributed by atoms with Crippen molar-refractivity contribution in [3.63, 3.8) is 0 Å². The summed E-state index contributed by atoms with van der Waals surface area (Å²) in [7, 11) is 0. The first-order chi connectivity index (χ1) is 11.5. The first kappa shape index (κ1) is 22.0. The third-order valence-electron chi connectivity index (χ3n) is 6.26. The molecule has 144 valence electrons. The fourth-order valence-corrected chi connectivity index (χ4v) is 4.86. The van der Waals surface area contributed by atoms with Gasteiger partial charge in [-0.2, -0.15) is 0 Å². The largest absolute Gasteiger partial charge is 0.324 e. The van der Waals surface area contributed by atoms with Gasteiger partial charge in [-0.25, -0.2) is 0 Å². The van der Waals surface area contributed by atoms with Crippen molar-refractivity contribution < 1.29 is 0 Å². The van der Waals surface area contributed by atoms with Crippen LogP contribution in [-0.2, 0) is 0 Å². The van der Waals surface area contributed by atoms with Gasteiger partial charge in [-0.3, -0.25) is 4.90 Å². The van der Waals surface area contributed by atoms with E-state index in [0.29, 0.717) is 0 Å². The summed E-state index contributed by atoms with van der Waals surface area (Å²) in [5.74, 6) is 1.67. The SMILES string of the molecule is CCCCCC(CC)C1CN(C(CC)CCCCC)CC(C)(N)C1. The van der Waals surface area contributed by atoms with Crippen molar-refractivity contribution in [2.24, 2.45) is 17.6 Å². The van der Waals surface area contributed by atoms with Crippen LogP contribution in [0.3, 0.4) is 0 Å². The van der Waals surface area contributed by atoms with Gasteiger partial charge in [0, 0.05) is 24.7 Å². The lowest BCUT2D eigenvalue weighted by Crippen LogP contribution is -2.58. The van der Waals surface area contributed by atoms with E-state index in [9.17, 15) is 0 Å². The van der Waals surface area contributed by atoms with E-state index in [0.717, 1.165) is 24.4 Å². The molecule has 1 heterocycles. The number of unbranched alkanes of at least 4 members (excludes halogenated alkanes) is 4. The zero-order valence-electron chi connectivity index (χ0n) is 17.4. The van der Waals surface area contributed by atoms with Crippen LogP contribution in [0, 0.1) is 11.8 Å². The Morgan fingerprint density at radius 1 is 0.958 bits per heavy atom. The molecule has 2 nitrogen and oxygen atoms in total. The molecule has 0 amide bonds. The highest BCUT2D eigenvalue weighted by molar-refractivity contribution is 4.95. The maximum Gasteiger partial charge on any atom is 0.0258 e. The molecule has 24 heavy (non-hydrogen) atoms. The maximum atomic E-state index is 6.71. The van der Waals surface area contributed by atoms with E-state index in [4.69, 9.17) is 5.73 Å². The van der Waals surface area contributed by atoms with E-state index < -0.39 is 0 Å². The predicted octanol–water partition coefficient (Wildman–Crippen LogP) is 5.99. The molecule has 0 spiro atoms. The van der Waals surface area contributed by atoms with E-state index >= 15 is 0 Å². The molecule has 0 aromatic carbocycles. The van der Waals surface area contributed by atoms with Gasteiger partial charge < -0.3 is 5.73 Å². The third-order valence-corrected chi connectivity index (χ3v) is 6.26. The Morgan fingerprint density at radius 3 is 2.12 bits per heavy atom. The van der Waals surface area contributed by atoms with Gasteiger partial charge in [0.25, 0.3) is 0 Å². The lowest BCUT2D eigenvalue weighted by molar-refractivity contribution is 0.0400. The smallest absolute Gasteiger partial charge is 0.0258 e. The summed E-state index contributed by atoms with van der Waals surface area (Å²) in [4.78, 5) is 2.77. The summed E-state index contributed by atoms with van der Waals surface area (Å²) in [6.45, 7) is 14.1. The second kappa shape index (κ2) is 11.5. The van der Waals surface area contributed by atoms with Crippen LogP contribution in [0.15, 0.2) is 0 Å². The lowest BCUT2D eigenvalue weighted by atomic mass is 9.74. The average molecular weight is 339 g/mol. The predicted molar refractivity (Wildman–Crippen MR) is 108 cm³/mol. The molecular weight excluding hydrogens is 292 g/mol. The molecule has 1 saturated heterocycles. The van der Waals surface area contributed by atoms with Crippen LogP contribution < -0.4 is 5.73 Å². The number of likely N-dealkylation sites (tertiary alicyclic amines) is 1. The molecule has 1 fully saturated rings. The molecule has 4 unspecified atom stereocenters. The summed E-state index contributed by atoms with van der Waals surface area (Å²) >= 11 is 0. The van der Waals surface area contributed by atoms with Crippen LogP contribution in [-0.4, -0.2) is 29.6 Å². The number of nitrogens with zero attached hydrogens (tertiary/aromatic N) is 1. The molecule has 0 aromatic rings. The van der Waals surface area contributed by atoms with Crippen molar-refractivity contribution in [1.82, 2.24) is 4.90 Å². The van der Waals surface area contributed by atoms with Gasteiger partial charge in [-0.05, 0) is 38.0 Å². The number of hydrogen-bond donors (Lipinski definition) is 1. The van der Waals surface area contributed by atoms with Crippen LogP contribution in [0.2, 0.25) is 0 Å². The first-order valence-corrected chi connectivity index (χ1v) is 11.0. The summed E-state index contributed by atoms with van der Waals surface area (Å²) in [6.07, 6.45) is 14.8. The van der Waals surface area contributed by atoms with Gasteiger partial charge >= 0.3 is 0 Å². The van der Waals surface area contributed by atoms with Crippen molar-refractivity contribution >= 4 is 0 Å². The van der Waals surface area contributed by atoms with E-state index in [1.165, 1.54) is 77.2 Å².